The van der Waals surface area contributed by atoms with Crippen LogP contribution in [0.4, 0.5) is 13.2 Å². The maximum absolute atomic E-state index is 12.8. The molecule has 5 nitrogen and oxygen atoms in total. The van der Waals surface area contributed by atoms with Crippen molar-refractivity contribution in [3.63, 3.8) is 0 Å². The van der Waals surface area contributed by atoms with Crippen LogP contribution in [-0.2, 0) is 19.1 Å². The molecule has 0 spiro atoms. The molecule has 2 aromatic rings. The third kappa shape index (κ3) is 8.09. The number of furan rings is 1. The number of aliphatic imine (C=N–C) groups is 1. The number of nitrogens with zero attached hydrogens (tertiary/aromatic N) is 1. The van der Waals surface area contributed by atoms with Crippen molar-refractivity contribution in [2.24, 2.45) is 4.99 Å². The molecule has 1 aromatic heterocycles. The van der Waals surface area contributed by atoms with E-state index in [1.807, 2.05) is 13.0 Å². The molecule has 0 amide bonds. The smallest absolute Gasteiger partial charge is 0.416 e. The van der Waals surface area contributed by atoms with Crippen LogP contribution in [0.3, 0.4) is 0 Å². The first-order valence-corrected chi connectivity index (χ1v) is 8.76. The van der Waals surface area contributed by atoms with E-state index in [1.165, 1.54) is 6.07 Å². The van der Waals surface area contributed by atoms with Gasteiger partial charge in [-0.15, -0.1) is 24.0 Å². The highest BCUT2D eigenvalue weighted by Crippen LogP contribution is 2.29. The molecule has 28 heavy (non-hydrogen) atoms. The van der Waals surface area contributed by atoms with Crippen molar-refractivity contribution in [2.45, 2.75) is 38.5 Å². The van der Waals surface area contributed by atoms with Crippen LogP contribution in [0, 0.1) is 0 Å². The molecule has 1 atom stereocenters. The summed E-state index contributed by atoms with van der Waals surface area (Å²) in [5.41, 5.74) is -0.244. The van der Waals surface area contributed by atoms with E-state index in [0.29, 0.717) is 30.9 Å². The highest BCUT2D eigenvalue weighted by atomic mass is 127. The number of rotatable bonds is 8. The number of guanidine groups is 1. The van der Waals surface area contributed by atoms with Gasteiger partial charge in [-0.05, 0) is 36.2 Å². The van der Waals surface area contributed by atoms with E-state index in [2.05, 4.69) is 15.6 Å². The Morgan fingerprint density at radius 1 is 1.25 bits per heavy atom. The largest absolute Gasteiger partial charge is 0.469 e. The summed E-state index contributed by atoms with van der Waals surface area (Å²) in [7, 11) is 0. The standard InChI is InChI=1S/C19H24F3N3O2.HI/c1-2-16(13-26)25-18(23-9-8-17-7-4-10-27-17)24-12-14-5-3-6-15(11-14)19(20,21)22;/h3-7,10-11,16,26H,2,8-9,12-13H2,1H3,(H2,23,24,25);1H/t16-;/m1./s1. The molecule has 2 rings (SSSR count). The Morgan fingerprint density at radius 2 is 2.04 bits per heavy atom. The number of halogens is 4. The fourth-order valence-electron chi connectivity index (χ4n) is 2.40. The number of hydrogen-bond acceptors (Lipinski definition) is 3. The van der Waals surface area contributed by atoms with E-state index in [4.69, 9.17) is 4.42 Å². The Kier molecular flexibility index (Phi) is 10.4. The third-order valence-corrected chi connectivity index (χ3v) is 3.97. The first kappa shape index (κ1) is 24.3. The monoisotopic (exact) mass is 511 g/mol. The van der Waals surface area contributed by atoms with Crippen molar-refractivity contribution in [1.82, 2.24) is 10.6 Å². The second-order valence-electron chi connectivity index (χ2n) is 6.05. The minimum Gasteiger partial charge on any atom is -0.469 e. The molecule has 0 unspecified atom stereocenters. The number of aliphatic hydroxyl groups excluding tert-OH is 1. The number of aliphatic hydroxyl groups is 1. The van der Waals surface area contributed by atoms with Crippen molar-refractivity contribution >= 4 is 29.9 Å². The lowest BCUT2D eigenvalue weighted by molar-refractivity contribution is -0.137. The number of nitrogens with one attached hydrogen (secondary N) is 2. The molecular weight excluding hydrogens is 486 g/mol. The fourth-order valence-corrected chi connectivity index (χ4v) is 2.40. The SMILES string of the molecule is CC[C@H](CO)NC(=NCc1cccc(C(F)(F)F)c1)NCCc1ccco1.I. The van der Waals surface area contributed by atoms with E-state index in [1.54, 1.807) is 18.4 Å². The quantitative estimate of drug-likeness (QED) is 0.285. The zero-order valence-corrected chi connectivity index (χ0v) is 17.8. The van der Waals surface area contributed by atoms with E-state index < -0.39 is 11.7 Å². The summed E-state index contributed by atoms with van der Waals surface area (Å²) in [6.45, 7) is 2.46. The van der Waals surface area contributed by atoms with E-state index in [-0.39, 0.29) is 43.2 Å². The molecule has 0 aliphatic rings. The van der Waals surface area contributed by atoms with Crippen LogP contribution in [0.2, 0.25) is 0 Å². The Balaban J connectivity index is 0.00000392. The first-order chi connectivity index (χ1) is 12.9. The van der Waals surface area contributed by atoms with Gasteiger partial charge in [0.2, 0.25) is 0 Å². The van der Waals surface area contributed by atoms with Gasteiger partial charge >= 0.3 is 6.18 Å². The van der Waals surface area contributed by atoms with Gasteiger partial charge in [-0.25, -0.2) is 4.99 Å². The Morgan fingerprint density at radius 3 is 2.64 bits per heavy atom. The maximum Gasteiger partial charge on any atom is 0.416 e. The molecule has 0 saturated carbocycles. The van der Waals surface area contributed by atoms with E-state index in [0.717, 1.165) is 17.9 Å². The van der Waals surface area contributed by atoms with Crippen LogP contribution >= 0.6 is 24.0 Å². The molecule has 0 aliphatic carbocycles. The van der Waals surface area contributed by atoms with Crippen molar-refractivity contribution in [3.8, 4) is 0 Å². The lowest BCUT2D eigenvalue weighted by atomic mass is 10.1. The summed E-state index contributed by atoms with van der Waals surface area (Å²) >= 11 is 0. The van der Waals surface area contributed by atoms with E-state index >= 15 is 0 Å². The number of hydrogen-bond donors (Lipinski definition) is 3. The molecule has 0 aliphatic heterocycles. The van der Waals surface area contributed by atoms with Gasteiger partial charge in [0.25, 0.3) is 0 Å². The minimum atomic E-state index is -4.38. The Hall–Kier alpha value is -1.75. The van der Waals surface area contributed by atoms with Gasteiger partial charge in [0, 0.05) is 13.0 Å². The summed E-state index contributed by atoms with van der Waals surface area (Å²) in [4.78, 5) is 4.36. The van der Waals surface area contributed by atoms with Crippen molar-refractivity contribution in [3.05, 3.63) is 59.5 Å². The summed E-state index contributed by atoms with van der Waals surface area (Å²) in [6, 6.07) is 8.56. The Bertz CT molecular complexity index is 717. The molecule has 0 bridgehead atoms. The molecular formula is C19H25F3IN3O2. The van der Waals surface area contributed by atoms with Gasteiger partial charge < -0.3 is 20.2 Å². The van der Waals surface area contributed by atoms with Crippen LogP contribution in [0.15, 0.2) is 52.1 Å². The normalized spacial score (nSPS) is 13.0. The van der Waals surface area contributed by atoms with Crippen LogP contribution in [0.5, 0.6) is 0 Å². The maximum atomic E-state index is 12.8. The molecule has 156 valence electrons. The lowest BCUT2D eigenvalue weighted by Crippen LogP contribution is -2.45. The average molecular weight is 511 g/mol. The highest BCUT2D eigenvalue weighted by molar-refractivity contribution is 14.0. The zero-order chi connectivity index (χ0) is 19.7. The molecule has 1 aromatic carbocycles. The predicted octanol–water partition coefficient (Wildman–Crippen LogP) is 3.97. The Labute approximate surface area is 179 Å². The lowest BCUT2D eigenvalue weighted by Gasteiger charge is -2.18. The molecule has 3 N–H and O–H groups in total. The molecule has 0 radical (unpaired) electrons. The summed E-state index contributed by atoms with van der Waals surface area (Å²) in [5, 5.41) is 15.6. The first-order valence-electron chi connectivity index (χ1n) is 8.76. The minimum absolute atomic E-state index is 0. The van der Waals surface area contributed by atoms with Gasteiger partial charge in [-0.3, -0.25) is 0 Å². The van der Waals surface area contributed by atoms with Crippen molar-refractivity contribution in [2.75, 3.05) is 13.2 Å². The fraction of sp³-hybridized carbons (Fsp3) is 0.421. The topological polar surface area (TPSA) is 69.8 Å². The van der Waals surface area contributed by atoms with Crippen LogP contribution < -0.4 is 10.6 Å². The zero-order valence-electron chi connectivity index (χ0n) is 15.5. The molecule has 1 heterocycles. The number of benzene rings is 1. The highest BCUT2D eigenvalue weighted by Gasteiger charge is 2.30. The van der Waals surface area contributed by atoms with Gasteiger partial charge in [-0.2, -0.15) is 13.2 Å². The molecule has 0 fully saturated rings. The van der Waals surface area contributed by atoms with E-state index in [9.17, 15) is 18.3 Å². The van der Waals surface area contributed by atoms with Gasteiger partial charge in [0.15, 0.2) is 5.96 Å². The average Bonchev–Trinajstić information content (AvgIpc) is 3.16. The van der Waals surface area contributed by atoms with Crippen molar-refractivity contribution in [1.29, 1.82) is 0 Å². The number of alkyl halides is 3. The summed E-state index contributed by atoms with van der Waals surface area (Å²) in [5.74, 6) is 1.24. The second-order valence-corrected chi connectivity index (χ2v) is 6.05. The van der Waals surface area contributed by atoms with Crippen LogP contribution in [0.1, 0.15) is 30.2 Å². The van der Waals surface area contributed by atoms with Crippen LogP contribution in [0.25, 0.3) is 0 Å². The predicted molar refractivity (Wildman–Crippen MR) is 113 cm³/mol. The van der Waals surface area contributed by atoms with Gasteiger partial charge in [0.1, 0.15) is 5.76 Å². The summed E-state index contributed by atoms with van der Waals surface area (Å²) < 4.78 is 43.8. The summed E-state index contributed by atoms with van der Waals surface area (Å²) in [6.07, 6.45) is -1.48. The van der Waals surface area contributed by atoms with Crippen LogP contribution in [-0.4, -0.2) is 30.3 Å². The van der Waals surface area contributed by atoms with Crippen molar-refractivity contribution < 1.29 is 22.7 Å². The van der Waals surface area contributed by atoms with Gasteiger partial charge in [-0.1, -0.05) is 19.1 Å². The molecule has 9 heteroatoms. The molecule has 0 saturated heterocycles. The van der Waals surface area contributed by atoms with Gasteiger partial charge in [0.05, 0.1) is 31.0 Å². The second kappa shape index (κ2) is 11.9. The third-order valence-electron chi connectivity index (χ3n) is 3.97.